The summed E-state index contributed by atoms with van der Waals surface area (Å²) < 4.78 is 8.91. The van der Waals surface area contributed by atoms with E-state index in [9.17, 15) is 0 Å². The molecule has 1 aromatic heterocycles. The highest BCUT2D eigenvalue weighted by Crippen LogP contribution is 2.45. The van der Waals surface area contributed by atoms with Crippen molar-refractivity contribution in [3.63, 3.8) is 0 Å². The number of para-hydroxylation sites is 3. The molecule has 2 aliphatic rings. The molecule has 0 unspecified atom stereocenters. The zero-order valence-electron chi connectivity index (χ0n) is 28.2. The van der Waals surface area contributed by atoms with Crippen molar-refractivity contribution in [3.8, 4) is 22.9 Å². The fraction of sp³-hybridized carbons (Fsp3) is 0.195. The molecule has 0 N–H and O–H groups in total. The Morgan fingerprint density at radius 2 is 1.27 bits per heavy atom. The number of benzene rings is 5. The van der Waals surface area contributed by atoms with Crippen molar-refractivity contribution >= 4 is 40.9 Å². The Morgan fingerprint density at radius 1 is 0.646 bits per heavy atom. The quantitative estimate of drug-likeness (QED) is 0.165. The Morgan fingerprint density at radius 3 is 1.98 bits per heavy atom. The van der Waals surface area contributed by atoms with Crippen LogP contribution in [-0.4, -0.2) is 30.2 Å². The summed E-state index contributed by atoms with van der Waals surface area (Å²) in [4.78, 5) is 12.0. The number of hydrogen-bond donors (Lipinski definition) is 0. The molecule has 5 aromatic carbocycles. The highest BCUT2D eigenvalue weighted by atomic mass is 16.5. The van der Waals surface area contributed by atoms with Gasteiger partial charge in [-0.15, -0.1) is 0 Å². The zero-order chi connectivity index (χ0) is 32.9. The van der Waals surface area contributed by atoms with Crippen molar-refractivity contribution in [2.24, 2.45) is 0 Å². The smallest absolute Gasteiger partial charge is 0.417 e. The van der Waals surface area contributed by atoms with Crippen molar-refractivity contribution in [2.75, 3.05) is 28.3 Å². The first-order valence-electron chi connectivity index (χ1n) is 16.9. The summed E-state index contributed by atoms with van der Waals surface area (Å²) in [5.74, 6) is 3.34. The third-order valence-corrected chi connectivity index (χ3v) is 9.74. The number of imidazole rings is 1. The molecule has 3 heterocycles. The van der Waals surface area contributed by atoms with Crippen LogP contribution in [0.1, 0.15) is 50.7 Å². The molecule has 8 rings (SSSR count). The van der Waals surface area contributed by atoms with Crippen LogP contribution in [-0.2, 0) is 0 Å². The average Bonchev–Trinajstić information content (AvgIpc) is 3.75. The number of ether oxygens (including phenoxy) is 1. The first-order chi connectivity index (χ1) is 23.4. The predicted molar refractivity (Wildman–Crippen MR) is 200 cm³/mol. The normalized spacial score (nSPS) is 13.6. The lowest BCUT2D eigenvalue weighted by atomic mass is 9.58. The monoisotopic (exact) mass is 629 g/mol. The van der Waals surface area contributed by atoms with Crippen LogP contribution >= 0.6 is 0 Å². The second-order valence-corrected chi connectivity index (χ2v) is 13.4. The van der Waals surface area contributed by atoms with E-state index in [4.69, 9.17) is 9.72 Å². The summed E-state index contributed by atoms with van der Waals surface area (Å²) in [5, 5.41) is 0. The van der Waals surface area contributed by atoms with Gasteiger partial charge < -0.3 is 23.8 Å². The van der Waals surface area contributed by atoms with Gasteiger partial charge >= 0.3 is 6.98 Å². The lowest BCUT2D eigenvalue weighted by molar-refractivity contribution is 0.483. The van der Waals surface area contributed by atoms with Crippen LogP contribution in [0.25, 0.3) is 11.4 Å². The molecule has 0 fully saturated rings. The number of anilines is 5. The van der Waals surface area contributed by atoms with Crippen molar-refractivity contribution in [2.45, 2.75) is 39.5 Å². The highest BCUT2D eigenvalue weighted by Gasteiger charge is 2.38. The molecule has 48 heavy (non-hydrogen) atoms. The Labute approximate surface area is 284 Å². The molecule has 7 heteroatoms. The molecular weight excluding hydrogens is 589 g/mol. The highest BCUT2D eigenvalue weighted by molar-refractivity contribution is 6.77. The Balaban J connectivity index is 1.12. The minimum Gasteiger partial charge on any atom is -0.457 e. The van der Waals surface area contributed by atoms with E-state index in [1.807, 2.05) is 12.3 Å². The molecular formula is C41H40BN5O. The second kappa shape index (κ2) is 12.0. The lowest BCUT2D eigenvalue weighted by Gasteiger charge is -2.37. The largest absolute Gasteiger partial charge is 0.457 e. The number of aromatic nitrogens is 2. The first-order valence-corrected chi connectivity index (χ1v) is 16.9. The molecule has 0 atom stereocenters. The third kappa shape index (κ3) is 5.01. The van der Waals surface area contributed by atoms with E-state index in [0.717, 1.165) is 40.9 Å². The molecule has 0 saturated carbocycles. The van der Waals surface area contributed by atoms with Gasteiger partial charge in [0.05, 0.1) is 11.4 Å². The van der Waals surface area contributed by atoms with Gasteiger partial charge in [0.25, 0.3) is 0 Å². The van der Waals surface area contributed by atoms with E-state index >= 15 is 0 Å². The molecule has 0 aliphatic carbocycles. The van der Waals surface area contributed by atoms with Gasteiger partial charge in [0, 0.05) is 41.1 Å². The fourth-order valence-corrected chi connectivity index (χ4v) is 7.46. The van der Waals surface area contributed by atoms with Gasteiger partial charge in [-0.2, -0.15) is 0 Å². The fourth-order valence-electron chi connectivity index (χ4n) is 7.46. The van der Waals surface area contributed by atoms with E-state index in [1.165, 1.54) is 33.7 Å². The summed E-state index contributed by atoms with van der Waals surface area (Å²) in [6.07, 6.45) is 4.03. The minimum atomic E-state index is 0.00763. The molecule has 238 valence electrons. The molecule has 0 spiro atoms. The van der Waals surface area contributed by atoms with Crippen LogP contribution in [0.2, 0.25) is 0 Å². The van der Waals surface area contributed by atoms with E-state index in [0.29, 0.717) is 11.8 Å². The summed E-state index contributed by atoms with van der Waals surface area (Å²) in [5.41, 5.74) is 11.0. The van der Waals surface area contributed by atoms with E-state index in [2.05, 4.69) is 169 Å². The SMILES string of the molecule is CC(C)c1cccc(C(C)C)c1B1N(C)c2ccc(Oc3cccc(N4CN(c5ccccc5)c5ccccc54)c3)cc2-c2nccn21. The summed E-state index contributed by atoms with van der Waals surface area (Å²) in [6, 6.07) is 40.7. The van der Waals surface area contributed by atoms with Crippen molar-refractivity contribution < 1.29 is 4.74 Å². The van der Waals surface area contributed by atoms with Crippen LogP contribution in [0.5, 0.6) is 11.5 Å². The van der Waals surface area contributed by atoms with Crippen LogP contribution in [0.4, 0.5) is 28.4 Å². The van der Waals surface area contributed by atoms with Gasteiger partial charge in [0.2, 0.25) is 0 Å². The first kappa shape index (κ1) is 29.9. The predicted octanol–water partition coefficient (Wildman–Crippen LogP) is 9.53. The van der Waals surface area contributed by atoms with Crippen LogP contribution in [0.15, 0.2) is 128 Å². The van der Waals surface area contributed by atoms with Gasteiger partial charge in [-0.3, -0.25) is 0 Å². The maximum atomic E-state index is 6.59. The number of hydrogen-bond acceptors (Lipinski definition) is 5. The van der Waals surface area contributed by atoms with Crippen LogP contribution < -0.4 is 24.8 Å². The summed E-state index contributed by atoms with van der Waals surface area (Å²) in [7, 11) is 2.20. The topological polar surface area (TPSA) is 36.8 Å². The standard InChI is InChI=1S/C41H40BN5O/c1-28(2)34-17-12-18-35(29(3)4)40(34)42-44(5)37-22-21-33(26-36(37)41-43-23-24-47(41)42)48-32-16-11-15-31(25-32)46-27-45(30-13-7-6-8-14-30)38-19-9-10-20-39(38)46/h6-26,28-29H,27H2,1-5H3. The maximum Gasteiger partial charge on any atom is 0.417 e. The molecule has 0 radical (unpaired) electrons. The number of rotatable bonds is 7. The van der Waals surface area contributed by atoms with E-state index < -0.39 is 0 Å². The van der Waals surface area contributed by atoms with Crippen molar-refractivity contribution in [1.82, 2.24) is 9.46 Å². The molecule has 0 amide bonds. The number of fused-ring (bicyclic) bond motifs is 4. The molecule has 2 aliphatic heterocycles. The van der Waals surface area contributed by atoms with Crippen molar-refractivity contribution in [3.05, 3.63) is 139 Å². The summed E-state index contributed by atoms with van der Waals surface area (Å²) in [6.45, 7) is 9.88. The zero-order valence-corrected chi connectivity index (χ0v) is 28.2. The van der Waals surface area contributed by atoms with E-state index in [1.54, 1.807) is 0 Å². The molecule has 6 aromatic rings. The minimum absolute atomic E-state index is 0.00763. The van der Waals surface area contributed by atoms with Crippen LogP contribution in [0, 0.1) is 0 Å². The Hall–Kier alpha value is -5.43. The Kier molecular flexibility index (Phi) is 7.48. The van der Waals surface area contributed by atoms with Gasteiger partial charge in [-0.25, -0.2) is 4.98 Å². The lowest BCUT2D eigenvalue weighted by Crippen LogP contribution is -2.56. The summed E-state index contributed by atoms with van der Waals surface area (Å²) >= 11 is 0. The van der Waals surface area contributed by atoms with Crippen LogP contribution in [0.3, 0.4) is 0 Å². The third-order valence-electron chi connectivity index (χ3n) is 9.74. The van der Waals surface area contributed by atoms with Crippen molar-refractivity contribution in [1.29, 1.82) is 0 Å². The van der Waals surface area contributed by atoms with Gasteiger partial charge in [0.15, 0.2) is 0 Å². The Bertz CT molecular complexity index is 2080. The van der Waals surface area contributed by atoms with Gasteiger partial charge in [-0.1, -0.05) is 82.3 Å². The van der Waals surface area contributed by atoms with E-state index in [-0.39, 0.29) is 6.98 Å². The second-order valence-electron chi connectivity index (χ2n) is 13.4. The van der Waals surface area contributed by atoms with Gasteiger partial charge in [-0.05, 0) is 90.1 Å². The molecule has 0 bridgehead atoms. The molecule has 6 nitrogen and oxygen atoms in total. The molecule has 0 saturated heterocycles. The maximum absolute atomic E-state index is 6.59. The van der Waals surface area contributed by atoms with Gasteiger partial charge in [0.1, 0.15) is 24.0 Å². The number of nitrogens with zero attached hydrogens (tertiary/aromatic N) is 5. The average molecular weight is 630 g/mol.